The van der Waals surface area contributed by atoms with Gasteiger partial charge in [0.05, 0.1) is 5.52 Å². The molecule has 0 fully saturated rings. The van der Waals surface area contributed by atoms with Gasteiger partial charge in [0.25, 0.3) is 5.91 Å². The maximum absolute atomic E-state index is 12.8. The van der Waals surface area contributed by atoms with E-state index in [2.05, 4.69) is 21.2 Å². The third-order valence-electron chi connectivity index (χ3n) is 4.45. The van der Waals surface area contributed by atoms with Gasteiger partial charge in [0.1, 0.15) is 5.56 Å². The van der Waals surface area contributed by atoms with E-state index in [0.29, 0.717) is 17.0 Å². The minimum Gasteiger partial charge on any atom is -0.348 e. The van der Waals surface area contributed by atoms with Gasteiger partial charge < -0.3 is 9.88 Å². The smallest absolute Gasteiger partial charge is 0.257 e. The van der Waals surface area contributed by atoms with Gasteiger partial charge in [0.2, 0.25) is 5.43 Å². The van der Waals surface area contributed by atoms with Crippen LogP contribution in [0.25, 0.3) is 10.9 Å². The third kappa shape index (κ3) is 2.98. The van der Waals surface area contributed by atoms with E-state index in [1.807, 2.05) is 22.8 Å². The summed E-state index contributed by atoms with van der Waals surface area (Å²) in [6.07, 6.45) is 2.54. The van der Waals surface area contributed by atoms with Crippen molar-refractivity contribution in [1.82, 2.24) is 9.88 Å². The number of rotatable bonds is 3. The molecule has 1 N–H and O–H groups in total. The number of aromatic nitrogens is 1. The molecule has 0 atom stereocenters. The molecule has 25 heavy (non-hydrogen) atoms. The van der Waals surface area contributed by atoms with Crippen molar-refractivity contribution in [3.63, 3.8) is 0 Å². The SMILES string of the molecule is O=C(NCc1ccc(Cl)cc1)c1cn2c3c(cc(Br)cc3c1=O)CC2. The third-order valence-corrected chi connectivity index (χ3v) is 5.16. The lowest BCUT2D eigenvalue weighted by Crippen LogP contribution is -2.29. The summed E-state index contributed by atoms with van der Waals surface area (Å²) < 4.78 is 2.86. The molecular weight excluding hydrogens is 404 g/mol. The van der Waals surface area contributed by atoms with Crippen LogP contribution in [0.5, 0.6) is 0 Å². The summed E-state index contributed by atoms with van der Waals surface area (Å²) >= 11 is 9.31. The number of carbonyl (C=O) groups is 1. The Morgan fingerprint density at radius 3 is 2.76 bits per heavy atom. The zero-order valence-corrected chi connectivity index (χ0v) is 15.5. The fraction of sp³-hybridized carbons (Fsp3) is 0.158. The Balaban J connectivity index is 1.68. The van der Waals surface area contributed by atoms with Crippen molar-refractivity contribution in [3.8, 4) is 0 Å². The van der Waals surface area contributed by atoms with Crippen molar-refractivity contribution in [1.29, 1.82) is 0 Å². The summed E-state index contributed by atoms with van der Waals surface area (Å²) in [5.74, 6) is -0.362. The number of hydrogen-bond acceptors (Lipinski definition) is 2. The quantitative estimate of drug-likeness (QED) is 0.702. The van der Waals surface area contributed by atoms with Crippen LogP contribution in [0.1, 0.15) is 21.5 Å². The number of amides is 1. The van der Waals surface area contributed by atoms with Gasteiger partial charge >= 0.3 is 0 Å². The Bertz CT molecular complexity index is 1060. The average Bonchev–Trinajstić information content (AvgIpc) is 3.00. The fourth-order valence-corrected chi connectivity index (χ4v) is 3.87. The molecule has 0 aliphatic carbocycles. The average molecular weight is 418 g/mol. The lowest BCUT2D eigenvalue weighted by Gasteiger charge is -2.10. The number of pyridine rings is 1. The standard InChI is InChI=1S/C19H14BrClN2O2/c20-13-7-12-5-6-23-10-16(18(24)15(8-13)17(12)23)19(25)22-9-11-1-3-14(21)4-2-11/h1-4,7-8,10H,5-6,9H2,(H,22,25). The van der Waals surface area contributed by atoms with Crippen molar-refractivity contribution < 1.29 is 4.79 Å². The second kappa shape index (κ2) is 6.32. The summed E-state index contributed by atoms with van der Waals surface area (Å²) in [6.45, 7) is 1.12. The number of nitrogens with one attached hydrogen (secondary N) is 1. The van der Waals surface area contributed by atoms with E-state index in [0.717, 1.165) is 34.1 Å². The largest absolute Gasteiger partial charge is 0.348 e. The zero-order valence-electron chi connectivity index (χ0n) is 13.2. The molecular formula is C19H14BrClN2O2. The normalized spacial score (nSPS) is 12.6. The fourth-order valence-electron chi connectivity index (χ4n) is 3.24. The number of aryl methyl sites for hydroxylation is 2. The van der Waals surface area contributed by atoms with E-state index >= 15 is 0 Å². The molecule has 2 heterocycles. The molecule has 1 amide bonds. The number of halogens is 2. The molecule has 1 aromatic heterocycles. The minimum absolute atomic E-state index is 0.174. The molecule has 6 heteroatoms. The van der Waals surface area contributed by atoms with E-state index in [4.69, 9.17) is 11.6 Å². The monoisotopic (exact) mass is 416 g/mol. The van der Waals surface area contributed by atoms with Crippen molar-refractivity contribution in [2.75, 3.05) is 0 Å². The second-order valence-corrected chi connectivity index (χ2v) is 7.44. The summed E-state index contributed by atoms with van der Waals surface area (Å²) in [7, 11) is 0. The van der Waals surface area contributed by atoms with Crippen LogP contribution >= 0.6 is 27.5 Å². The van der Waals surface area contributed by atoms with Crippen LogP contribution < -0.4 is 10.7 Å². The van der Waals surface area contributed by atoms with Crippen LogP contribution in [-0.4, -0.2) is 10.5 Å². The van der Waals surface area contributed by atoms with Crippen LogP contribution in [0.3, 0.4) is 0 Å². The van der Waals surface area contributed by atoms with E-state index in [1.54, 1.807) is 24.4 Å². The Hall–Kier alpha value is -2.11. The van der Waals surface area contributed by atoms with Crippen molar-refractivity contribution in [2.24, 2.45) is 0 Å². The Morgan fingerprint density at radius 2 is 2.00 bits per heavy atom. The highest BCUT2D eigenvalue weighted by Gasteiger charge is 2.21. The first-order chi connectivity index (χ1) is 12.0. The maximum atomic E-state index is 12.8. The molecule has 0 saturated carbocycles. The predicted octanol–water partition coefficient (Wildman–Crippen LogP) is 3.90. The molecule has 1 aliphatic heterocycles. The first kappa shape index (κ1) is 16.4. The van der Waals surface area contributed by atoms with Crippen molar-refractivity contribution in [2.45, 2.75) is 19.5 Å². The number of nitrogens with zero attached hydrogens (tertiary/aromatic N) is 1. The molecule has 126 valence electrons. The van der Waals surface area contributed by atoms with Gasteiger partial charge in [-0.05, 0) is 41.8 Å². The molecule has 1 aliphatic rings. The molecule has 4 nitrogen and oxygen atoms in total. The molecule has 0 saturated heterocycles. The summed E-state index contributed by atoms with van der Waals surface area (Å²) in [5, 5.41) is 4.05. The van der Waals surface area contributed by atoms with E-state index in [-0.39, 0.29) is 16.9 Å². The van der Waals surface area contributed by atoms with Crippen molar-refractivity contribution >= 4 is 44.3 Å². The van der Waals surface area contributed by atoms with Gasteiger partial charge in [-0.15, -0.1) is 0 Å². The van der Waals surface area contributed by atoms with E-state index < -0.39 is 0 Å². The molecule has 2 aromatic carbocycles. The van der Waals surface area contributed by atoms with Crippen LogP contribution in [0.2, 0.25) is 5.02 Å². The highest BCUT2D eigenvalue weighted by molar-refractivity contribution is 9.10. The highest BCUT2D eigenvalue weighted by atomic mass is 79.9. The Labute approximate surface area is 157 Å². The van der Waals surface area contributed by atoms with Gasteiger partial charge in [0.15, 0.2) is 0 Å². The first-order valence-corrected chi connectivity index (χ1v) is 9.08. The minimum atomic E-state index is -0.362. The van der Waals surface area contributed by atoms with Gasteiger partial charge in [-0.3, -0.25) is 9.59 Å². The van der Waals surface area contributed by atoms with Gasteiger partial charge in [-0.25, -0.2) is 0 Å². The zero-order chi connectivity index (χ0) is 17.6. The summed E-state index contributed by atoms with van der Waals surface area (Å²) in [4.78, 5) is 25.4. The molecule has 0 radical (unpaired) electrons. The summed E-state index contributed by atoms with van der Waals surface area (Å²) in [6, 6.07) is 11.1. The maximum Gasteiger partial charge on any atom is 0.257 e. The Morgan fingerprint density at radius 1 is 1.24 bits per heavy atom. The van der Waals surface area contributed by atoms with Gasteiger partial charge in [-0.2, -0.15) is 0 Å². The highest BCUT2D eigenvalue weighted by Crippen LogP contribution is 2.28. The van der Waals surface area contributed by atoms with Crippen molar-refractivity contribution in [3.05, 3.63) is 79.0 Å². The lowest BCUT2D eigenvalue weighted by molar-refractivity contribution is 0.0949. The topological polar surface area (TPSA) is 51.1 Å². The van der Waals surface area contributed by atoms with Crippen LogP contribution in [0, 0.1) is 0 Å². The van der Waals surface area contributed by atoms with Crippen LogP contribution in [0.15, 0.2) is 51.9 Å². The molecule has 0 bridgehead atoms. The number of benzene rings is 2. The molecule has 4 rings (SSSR count). The van der Waals surface area contributed by atoms with E-state index in [1.165, 1.54) is 0 Å². The van der Waals surface area contributed by atoms with Crippen LogP contribution in [-0.2, 0) is 19.5 Å². The van der Waals surface area contributed by atoms with E-state index in [9.17, 15) is 9.59 Å². The first-order valence-electron chi connectivity index (χ1n) is 7.91. The molecule has 0 spiro atoms. The molecule has 3 aromatic rings. The Kier molecular flexibility index (Phi) is 4.13. The molecule has 0 unspecified atom stereocenters. The predicted molar refractivity (Wildman–Crippen MR) is 102 cm³/mol. The van der Waals surface area contributed by atoms with Gasteiger partial charge in [-0.1, -0.05) is 39.7 Å². The summed E-state index contributed by atoms with van der Waals surface area (Å²) in [5.41, 5.74) is 2.93. The lowest BCUT2D eigenvalue weighted by atomic mass is 10.1. The number of carbonyl (C=O) groups excluding carboxylic acids is 1. The van der Waals surface area contributed by atoms with Crippen LogP contribution in [0.4, 0.5) is 0 Å². The number of hydrogen-bond donors (Lipinski definition) is 1. The second-order valence-electron chi connectivity index (χ2n) is 6.09. The van der Waals surface area contributed by atoms with Gasteiger partial charge in [0, 0.05) is 34.2 Å².